The fraction of sp³-hybridized carbons (Fsp3) is 0.0877. The first-order chi connectivity index (χ1) is 59.9. The van der Waals surface area contributed by atoms with Crippen LogP contribution in [0.25, 0.3) is 109 Å². The smallest absolute Gasteiger partial charge is 0.0462 e. The van der Waals surface area contributed by atoms with Crippen molar-refractivity contribution < 1.29 is 0 Å². The highest BCUT2D eigenvalue weighted by molar-refractivity contribution is 7.99. The van der Waals surface area contributed by atoms with E-state index in [4.69, 9.17) is 0 Å². The number of nitrogens with zero attached hydrogens (tertiary/aromatic N) is 4. The third kappa shape index (κ3) is 16.7. The van der Waals surface area contributed by atoms with E-state index < -0.39 is 0 Å². The Balaban J connectivity index is 0.549. The largest absolute Gasteiger partial charge is 0.338 e. The lowest BCUT2D eigenvalue weighted by atomic mass is 9.93. The summed E-state index contributed by atoms with van der Waals surface area (Å²) in [6.07, 6.45) is 9.00. The van der Waals surface area contributed by atoms with Gasteiger partial charge in [0.05, 0.1) is 0 Å². The van der Waals surface area contributed by atoms with Crippen LogP contribution in [0, 0.1) is 0 Å². The summed E-state index contributed by atoms with van der Waals surface area (Å²) in [7, 11) is 0. The van der Waals surface area contributed by atoms with E-state index in [1.54, 1.807) is 0 Å². The molecule has 0 N–H and O–H groups in total. The second-order valence-corrected chi connectivity index (χ2v) is 35.1. The Labute approximate surface area is 723 Å². The quantitative estimate of drug-likeness (QED) is 0.0631. The third-order valence-electron chi connectivity index (χ3n) is 24.0. The second-order valence-electron chi connectivity index (χ2n) is 31.6. The second kappa shape index (κ2) is 35.2. The highest BCUT2D eigenvalue weighted by atomic mass is 32.2. The summed E-state index contributed by atoms with van der Waals surface area (Å²) in [5.74, 6) is 1.27. The Bertz CT molecular complexity index is 6140. The SMILES string of the molecule is c1ccc(-c2ccc(-c3ccc(N(c4ccccc4)c4ccc(-c5ccc(-c6ccc(N(c7ccc(-c8ccc(-c9ccc(N(c%10ccccc%10)c%10ccc(-c%11ccc(-c%12ccccc%12)s%11)cc%10)cc9)cc8)cc7)c7ccc(-c8ccc(-c9ccc(N(c%10ccc(C%11CCCS%11)cc%10)C%10CCCCC%10)cc9)cc8)cc7)cc6)cc5)cc4)cc3)s2)cc1. The molecule has 0 spiro atoms. The number of hydrogen-bond acceptors (Lipinski definition) is 7. The van der Waals surface area contributed by atoms with Crippen LogP contribution in [-0.2, 0) is 0 Å². The molecule has 584 valence electrons. The van der Waals surface area contributed by atoms with Gasteiger partial charge in [-0.2, -0.15) is 11.8 Å². The van der Waals surface area contributed by atoms with Crippen molar-refractivity contribution in [3.63, 3.8) is 0 Å². The van der Waals surface area contributed by atoms with Gasteiger partial charge in [-0.05, 0) is 284 Å². The fourth-order valence-corrected chi connectivity index (χ4v) is 20.9. The normalized spacial score (nSPS) is 13.4. The third-order valence-corrected chi connectivity index (χ3v) is 27.8. The number of thiophene rings is 2. The van der Waals surface area contributed by atoms with Gasteiger partial charge >= 0.3 is 0 Å². The number of benzene rings is 16. The molecule has 2 aromatic heterocycles. The Morgan fingerprint density at radius 2 is 0.388 bits per heavy atom. The van der Waals surface area contributed by atoms with Crippen molar-refractivity contribution in [3.8, 4) is 109 Å². The molecule has 4 nitrogen and oxygen atoms in total. The van der Waals surface area contributed by atoms with Crippen LogP contribution >= 0.6 is 34.4 Å². The Kier molecular flexibility index (Phi) is 22.1. The summed E-state index contributed by atoms with van der Waals surface area (Å²) in [5, 5.41) is 0.636. The molecule has 0 radical (unpaired) electrons. The van der Waals surface area contributed by atoms with Gasteiger partial charge in [0.25, 0.3) is 0 Å². The van der Waals surface area contributed by atoms with E-state index in [-0.39, 0.29) is 0 Å². The van der Waals surface area contributed by atoms with Gasteiger partial charge in [-0.1, -0.05) is 298 Å². The molecule has 0 amide bonds. The van der Waals surface area contributed by atoms with Crippen molar-refractivity contribution in [2.24, 2.45) is 0 Å². The topological polar surface area (TPSA) is 13.0 Å². The Morgan fingerprint density at radius 1 is 0.174 bits per heavy atom. The summed E-state index contributed by atoms with van der Waals surface area (Å²) in [5.41, 5.74) is 32.9. The average Bonchev–Trinajstić information content (AvgIpc) is 1.52. The number of rotatable bonds is 23. The molecule has 1 aliphatic carbocycles. The molecule has 1 atom stereocenters. The van der Waals surface area contributed by atoms with E-state index in [1.165, 1.54) is 143 Å². The first-order valence-electron chi connectivity index (χ1n) is 42.4. The van der Waals surface area contributed by atoms with Gasteiger partial charge in [0.2, 0.25) is 0 Å². The number of para-hydroxylation sites is 2. The summed E-state index contributed by atoms with van der Waals surface area (Å²) in [6.45, 7) is 0. The maximum Gasteiger partial charge on any atom is 0.0462 e. The molecule has 1 unspecified atom stereocenters. The Morgan fingerprint density at radius 3 is 0.645 bits per heavy atom. The predicted octanol–water partition coefficient (Wildman–Crippen LogP) is 33.9. The minimum absolute atomic E-state index is 0.511. The molecule has 2 fully saturated rings. The lowest BCUT2D eigenvalue weighted by molar-refractivity contribution is 0.436. The van der Waals surface area contributed by atoms with E-state index in [0.29, 0.717) is 11.3 Å². The molecule has 18 aromatic rings. The van der Waals surface area contributed by atoms with Gasteiger partial charge in [0.15, 0.2) is 0 Å². The number of anilines is 11. The summed E-state index contributed by atoms with van der Waals surface area (Å²) < 4.78 is 0. The lowest BCUT2D eigenvalue weighted by Crippen LogP contribution is -2.32. The van der Waals surface area contributed by atoms with Crippen LogP contribution in [0.5, 0.6) is 0 Å². The van der Waals surface area contributed by atoms with Crippen LogP contribution in [0.15, 0.2) is 437 Å². The monoisotopic (exact) mass is 1610 g/mol. The van der Waals surface area contributed by atoms with Gasteiger partial charge in [0, 0.05) is 93.4 Å². The van der Waals surface area contributed by atoms with Crippen molar-refractivity contribution in [3.05, 3.63) is 442 Å². The molecular weight excluding hydrogens is 1520 g/mol. The lowest BCUT2D eigenvalue weighted by Gasteiger charge is -2.36. The molecule has 20 rings (SSSR count). The summed E-state index contributed by atoms with van der Waals surface area (Å²) >= 11 is 5.77. The maximum absolute atomic E-state index is 2.64. The maximum atomic E-state index is 2.64. The molecule has 2 aliphatic rings. The summed E-state index contributed by atoms with van der Waals surface area (Å²) in [6, 6.07) is 161. The molecule has 1 saturated carbocycles. The van der Waals surface area contributed by atoms with Crippen LogP contribution in [0.1, 0.15) is 55.8 Å². The summed E-state index contributed by atoms with van der Waals surface area (Å²) in [4.78, 5) is 14.7. The van der Waals surface area contributed by atoms with Crippen LogP contribution < -0.4 is 19.6 Å². The molecular formula is C114H90N4S3. The van der Waals surface area contributed by atoms with Crippen LogP contribution in [0.3, 0.4) is 0 Å². The Hall–Kier alpha value is -13.5. The van der Waals surface area contributed by atoms with Crippen LogP contribution in [-0.4, -0.2) is 11.8 Å². The predicted molar refractivity (Wildman–Crippen MR) is 520 cm³/mol. The highest BCUT2D eigenvalue weighted by Gasteiger charge is 2.26. The minimum atomic E-state index is 0.511. The first-order valence-corrected chi connectivity index (χ1v) is 45.1. The standard InChI is InChI=1S/C114H90N4S3/c1-6-17-93(18-7-1)111-76-78-113(120-111)96-54-72-108(73-55-96)116(99-23-12-4-13-24-99)102-60-42-88(43-61-102)82-30-36-85(37-31-82)91-48-66-105(67-49-91)118(104-64-46-90(47-65-104)84-34-28-81(29-35-84)87-40-58-101(59-41-87)115(98-21-10-3-11-22-98)107-70-52-95(53-71-107)110-27-16-80-119-110)106-68-50-92(51-69-106)86-38-32-83(33-39-86)89-44-62-103(63-45-89)117(100-25-14-5-15-26-100)109-74-56-97(57-75-109)114-79-77-112(121-114)94-19-8-2-9-20-94/h1-2,4-9,12-15,17-20,23-26,28-79,98,110H,3,10-11,16,21-22,27,80H2. The molecule has 7 heteroatoms. The van der Waals surface area contributed by atoms with Gasteiger partial charge in [-0.15, -0.1) is 22.7 Å². The van der Waals surface area contributed by atoms with Crippen LogP contribution in [0.2, 0.25) is 0 Å². The van der Waals surface area contributed by atoms with E-state index in [9.17, 15) is 0 Å². The van der Waals surface area contributed by atoms with Crippen molar-refractivity contribution >= 4 is 97.0 Å². The number of thioether (sulfide) groups is 1. The minimum Gasteiger partial charge on any atom is -0.338 e. The van der Waals surface area contributed by atoms with Crippen molar-refractivity contribution in [2.45, 2.75) is 56.2 Å². The van der Waals surface area contributed by atoms with Crippen LogP contribution in [0.4, 0.5) is 62.6 Å². The van der Waals surface area contributed by atoms with E-state index in [0.717, 1.165) is 84.6 Å². The van der Waals surface area contributed by atoms with E-state index in [1.807, 2.05) is 22.7 Å². The van der Waals surface area contributed by atoms with Crippen molar-refractivity contribution in [1.82, 2.24) is 0 Å². The van der Waals surface area contributed by atoms with Gasteiger partial charge < -0.3 is 19.6 Å². The average molecular weight is 1610 g/mol. The van der Waals surface area contributed by atoms with Crippen molar-refractivity contribution in [2.75, 3.05) is 25.4 Å². The molecule has 1 saturated heterocycles. The fourth-order valence-electron chi connectivity index (χ4n) is 17.5. The first kappa shape index (κ1) is 76.2. The zero-order chi connectivity index (χ0) is 80.6. The molecule has 0 bridgehead atoms. The molecule has 3 heterocycles. The zero-order valence-corrected chi connectivity index (χ0v) is 69.8. The van der Waals surface area contributed by atoms with E-state index >= 15 is 0 Å². The number of hydrogen-bond donors (Lipinski definition) is 0. The van der Waals surface area contributed by atoms with Crippen molar-refractivity contribution in [1.29, 1.82) is 0 Å². The van der Waals surface area contributed by atoms with E-state index in [2.05, 4.69) is 468 Å². The van der Waals surface area contributed by atoms with Gasteiger partial charge in [-0.25, -0.2) is 0 Å². The van der Waals surface area contributed by atoms with Gasteiger partial charge in [0.1, 0.15) is 0 Å². The molecule has 16 aromatic carbocycles. The van der Waals surface area contributed by atoms with Gasteiger partial charge in [-0.3, -0.25) is 0 Å². The molecule has 1 aliphatic heterocycles. The molecule has 121 heavy (non-hydrogen) atoms. The highest BCUT2D eigenvalue weighted by Crippen LogP contribution is 2.47. The zero-order valence-electron chi connectivity index (χ0n) is 67.4.